The van der Waals surface area contributed by atoms with Gasteiger partial charge in [0.05, 0.1) is 11.9 Å². The summed E-state index contributed by atoms with van der Waals surface area (Å²) in [7, 11) is 0. The van der Waals surface area contributed by atoms with Crippen LogP contribution in [0.2, 0.25) is 0 Å². The molecule has 0 spiro atoms. The number of amides is 1. The second kappa shape index (κ2) is 8.05. The molecule has 0 radical (unpaired) electrons. The van der Waals surface area contributed by atoms with Crippen LogP contribution in [0.4, 0.5) is 5.69 Å². The van der Waals surface area contributed by atoms with Crippen LogP contribution < -0.4 is 10.1 Å². The van der Waals surface area contributed by atoms with E-state index in [4.69, 9.17) is 4.74 Å². The third-order valence-corrected chi connectivity index (χ3v) is 3.52. The summed E-state index contributed by atoms with van der Waals surface area (Å²) in [5.74, 6) is 1.14. The zero-order valence-electron chi connectivity index (χ0n) is 13.9. The first-order valence-electron chi connectivity index (χ1n) is 8.02. The number of nitrogens with zero attached hydrogens (tertiary/aromatic N) is 4. The summed E-state index contributed by atoms with van der Waals surface area (Å²) in [6.45, 7) is 2.68. The van der Waals surface area contributed by atoms with E-state index < -0.39 is 0 Å². The highest BCUT2D eigenvalue weighted by Gasteiger charge is 2.04. The highest BCUT2D eigenvalue weighted by molar-refractivity contribution is 5.90. The van der Waals surface area contributed by atoms with Crippen LogP contribution >= 0.6 is 0 Å². The number of hydrogen-bond acceptors (Lipinski definition) is 5. The Kier molecular flexibility index (Phi) is 5.36. The molecule has 0 unspecified atom stereocenters. The van der Waals surface area contributed by atoms with E-state index in [0.717, 1.165) is 5.75 Å². The standard InChI is InChI=1S/C18H19N5O2/c1-14-4-7-16(8-5-14)25-18-9-6-15(11-20-18)22-17(24)3-2-10-23-13-19-12-21-23/h4-9,11-13H,2-3,10H2,1H3,(H,22,24). The lowest BCUT2D eigenvalue weighted by Crippen LogP contribution is -2.12. The molecule has 0 aliphatic heterocycles. The number of rotatable bonds is 7. The van der Waals surface area contributed by atoms with Gasteiger partial charge >= 0.3 is 0 Å². The van der Waals surface area contributed by atoms with E-state index in [1.165, 1.54) is 11.9 Å². The largest absolute Gasteiger partial charge is 0.439 e. The van der Waals surface area contributed by atoms with Crippen molar-refractivity contribution in [1.29, 1.82) is 0 Å². The van der Waals surface area contributed by atoms with E-state index in [0.29, 0.717) is 31.0 Å². The molecule has 1 amide bonds. The van der Waals surface area contributed by atoms with Crippen molar-refractivity contribution in [1.82, 2.24) is 19.7 Å². The van der Waals surface area contributed by atoms with Crippen LogP contribution in [-0.4, -0.2) is 25.7 Å². The van der Waals surface area contributed by atoms with E-state index in [9.17, 15) is 4.79 Å². The molecule has 0 fully saturated rings. The minimum atomic E-state index is -0.0610. The summed E-state index contributed by atoms with van der Waals surface area (Å²) in [4.78, 5) is 20.0. The Bertz CT molecular complexity index is 798. The van der Waals surface area contributed by atoms with Crippen LogP contribution in [0.5, 0.6) is 11.6 Å². The molecule has 3 aromatic rings. The fourth-order valence-corrected chi connectivity index (χ4v) is 2.21. The van der Waals surface area contributed by atoms with Crippen molar-refractivity contribution in [2.75, 3.05) is 5.32 Å². The lowest BCUT2D eigenvalue weighted by molar-refractivity contribution is -0.116. The van der Waals surface area contributed by atoms with Gasteiger partial charge in [0.2, 0.25) is 11.8 Å². The van der Waals surface area contributed by atoms with Crippen molar-refractivity contribution in [3.63, 3.8) is 0 Å². The van der Waals surface area contributed by atoms with Crippen LogP contribution in [0.15, 0.2) is 55.2 Å². The summed E-state index contributed by atoms with van der Waals surface area (Å²) in [6.07, 6.45) is 5.79. The first-order chi connectivity index (χ1) is 12.2. The summed E-state index contributed by atoms with van der Waals surface area (Å²) in [5, 5.41) is 6.81. The van der Waals surface area contributed by atoms with Crippen LogP contribution in [0, 0.1) is 6.92 Å². The molecule has 3 rings (SSSR count). The normalized spacial score (nSPS) is 10.4. The van der Waals surface area contributed by atoms with Gasteiger partial charge in [0.1, 0.15) is 18.4 Å². The van der Waals surface area contributed by atoms with Crippen molar-refractivity contribution >= 4 is 11.6 Å². The van der Waals surface area contributed by atoms with Gasteiger partial charge in [0.25, 0.3) is 0 Å². The van der Waals surface area contributed by atoms with E-state index >= 15 is 0 Å². The number of aryl methyl sites for hydroxylation is 2. The molecular weight excluding hydrogens is 318 g/mol. The average molecular weight is 337 g/mol. The Morgan fingerprint density at radius 3 is 2.72 bits per heavy atom. The average Bonchev–Trinajstić information content (AvgIpc) is 3.12. The second-order valence-corrected chi connectivity index (χ2v) is 5.61. The number of carbonyl (C=O) groups excluding carboxylic acids is 1. The number of ether oxygens (including phenoxy) is 1. The molecule has 0 saturated carbocycles. The predicted octanol–water partition coefficient (Wildman–Crippen LogP) is 3.19. The Hall–Kier alpha value is -3.22. The van der Waals surface area contributed by atoms with E-state index in [-0.39, 0.29) is 5.91 Å². The number of carbonyl (C=O) groups is 1. The number of anilines is 1. The molecule has 7 nitrogen and oxygen atoms in total. The van der Waals surface area contributed by atoms with Crippen molar-refractivity contribution in [2.45, 2.75) is 26.3 Å². The lowest BCUT2D eigenvalue weighted by atomic mass is 10.2. The van der Waals surface area contributed by atoms with Crippen molar-refractivity contribution in [3.8, 4) is 11.6 Å². The maximum absolute atomic E-state index is 11.9. The monoisotopic (exact) mass is 337 g/mol. The number of aromatic nitrogens is 4. The van der Waals surface area contributed by atoms with Crippen molar-refractivity contribution in [2.24, 2.45) is 0 Å². The van der Waals surface area contributed by atoms with Gasteiger partial charge < -0.3 is 10.1 Å². The number of benzene rings is 1. The first-order valence-corrected chi connectivity index (χ1v) is 8.02. The molecule has 0 aliphatic carbocycles. The minimum Gasteiger partial charge on any atom is -0.439 e. The van der Waals surface area contributed by atoms with Crippen LogP contribution in [0.3, 0.4) is 0 Å². The van der Waals surface area contributed by atoms with Gasteiger partial charge in [0.15, 0.2) is 0 Å². The number of nitrogens with one attached hydrogen (secondary N) is 1. The molecule has 25 heavy (non-hydrogen) atoms. The molecule has 2 aromatic heterocycles. The van der Waals surface area contributed by atoms with E-state index in [1.54, 1.807) is 29.3 Å². The molecular formula is C18H19N5O2. The SMILES string of the molecule is Cc1ccc(Oc2ccc(NC(=O)CCCn3cncn3)cn2)cc1. The molecule has 2 heterocycles. The predicted molar refractivity (Wildman–Crippen MR) is 93.4 cm³/mol. The zero-order chi connectivity index (χ0) is 17.5. The third kappa shape index (κ3) is 5.13. The minimum absolute atomic E-state index is 0.0610. The van der Waals surface area contributed by atoms with E-state index in [2.05, 4.69) is 20.4 Å². The molecule has 1 aromatic carbocycles. The van der Waals surface area contributed by atoms with Crippen molar-refractivity contribution in [3.05, 3.63) is 60.8 Å². The summed E-state index contributed by atoms with van der Waals surface area (Å²) < 4.78 is 7.36. The van der Waals surface area contributed by atoms with Gasteiger partial charge in [-0.25, -0.2) is 9.97 Å². The van der Waals surface area contributed by atoms with Gasteiger partial charge in [-0.15, -0.1) is 0 Å². The summed E-state index contributed by atoms with van der Waals surface area (Å²) in [5.41, 5.74) is 1.81. The molecule has 128 valence electrons. The Balaban J connectivity index is 1.46. The van der Waals surface area contributed by atoms with Gasteiger partial charge in [-0.05, 0) is 31.5 Å². The highest BCUT2D eigenvalue weighted by atomic mass is 16.5. The maximum atomic E-state index is 11.9. The van der Waals surface area contributed by atoms with Crippen LogP contribution in [-0.2, 0) is 11.3 Å². The Morgan fingerprint density at radius 2 is 2.04 bits per heavy atom. The molecule has 0 atom stereocenters. The molecule has 1 N–H and O–H groups in total. The van der Waals surface area contributed by atoms with Crippen molar-refractivity contribution < 1.29 is 9.53 Å². The molecule has 0 bridgehead atoms. The highest BCUT2D eigenvalue weighted by Crippen LogP contribution is 2.20. The lowest BCUT2D eigenvalue weighted by Gasteiger charge is -2.07. The van der Waals surface area contributed by atoms with Gasteiger partial charge in [0, 0.05) is 19.0 Å². The Morgan fingerprint density at radius 1 is 1.20 bits per heavy atom. The summed E-state index contributed by atoms with van der Waals surface area (Å²) >= 11 is 0. The first kappa shape index (κ1) is 16.6. The number of pyridine rings is 1. The fraction of sp³-hybridized carbons (Fsp3) is 0.222. The molecule has 0 saturated heterocycles. The third-order valence-electron chi connectivity index (χ3n) is 3.52. The van der Waals surface area contributed by atoms with Crippen LogP contribution in [0.1, 0.15) is 18.4 Å². The fourth-order valence-electron chi connectivity index (χ4n) is 2.21. The molecule has 0 aliphatic rings. The summed E-state index contributed by atoms with van der Waals surface area (Å²) in [6, 6.07) is 11.2. The van der Waals surface area contributed by atoms with E-state index in [1.807, 2.05) is 31.2 Å². The number of hydrogen-bond donors (Lipinski definition) is 1. The zero-order valence-corrected chi connectivity index (χ0v) is 13.9. The van der Waals surface area contributed by atoms with Gasteiger partial charge in [-0.2, -0.15) is 5.10 Å². The van der Waals surface area contributed by atoms with Gasteiger partial charge in [-0.1, -0.05) is 17.7 Å². The molecule has 7 heteroatoms. The quantitative estimate of drug-likeness (QED) is 0.716. The Labute approximate surface area is 145 Å². The smallest absolute Gasteiger partial charge is 0.224 e. The van der Waals surface area contributed by atoms with Crippen LogP contribution in [0.25, 0.3) is 0 Å². The topological polar surface area (TPSA) is 81.9 Å². The maximum Gasteiger partial charge on any atom is 0.224 e. The van der Waals surface area contributed by atoms with Gasteiger partial charge in [-0.3, -0.25) is 9.48 Å². The second-order valence-electron chi connectivity index (χ2n) is 5.61.